The predicted molar refractivity (Wildman–Crippen MR) is 168 cm³/mol. The molecule has 0 atom stereocenters. The molecule has 220 valence electrons. The average Bonchev–Trinajstić information content (AvgIpc) is 3.46. The standard InChI is InChI=1S/C32H35N9O2/c1-39-9-7-24(8-10-39)43-32-26-15-21(3-5-28(26)36-20-37-32)27-19-35-30-25(27)16-22(17-34-30)31(42)38-23-4-6-29(33-18-23)41-13-11-40(2)12-14-41/h3-6,15-20,24H,7-14H2,1-2H3,(H,34,35)(H,38,42). The molecule has 1 aromatic carbocycles. The van der Waals surface area contributed by atoms with Crippen molar-refractivity contribution in [2.45, 2.75) is 18.9 Å². The maximum atomic E-state index is 13.2. The third kappa shape index (κ3) is 5.73. The Bertz CT molecular complexity index is 1750. The van der Waals surface area contributed by atoms with E-state index >= 15 is 0 Å². The van der Waals surface area contributed by atoms with Crippen molar-refractivity contribution in [2.75, 3.05) is 63.6 Å². The third-order valence-electron chi connectivity index (χ3n) is 8.48. The number of rotatable bonds is 6. The molecule has 7 rings (SSSR count). The number of aromatic nitrogens is 5. The van der Waals surface area contributed by atoms with Gasteiger partial charge in [0.05, 0.1) is 28.4 Å². The van der Waals surface area contributed by atoms with E-state index in [2.05, 4.69) is 65.1 Å². The van der Waals surface area contributed by atoms with Crippen LogP contribution in [0.1, 0.15) is 23.2 Å². The van der Waals surface area contributed by atoms with E-state index in [-0.39, 0.29) is 12.0 Å². The number of pyridine rings is 2. The molecule has 1 amide bonds. The highest BCUT2D eigenvalue weighted by Gasteiger charge is 2.21. The number of likely N-dealkylation sites (tertiary alicyclic amines) is 1. The molecule has 2 aliphatic heterocycles. The fraction of sp³-hybridized carbons (Fsp3) is 0.344. The number of H-pyrrole nitrogens is 1. The highest BCUT2D eigenvalue weighted by Crippen LogP contribution is 2.33. The molecule has 4 aromatic heterocycles. The number of carbonyl (C=O) groups excluding carboxylic acids is 1. The molecule has 2 aliphatic rings. The van der Waals surface area contributed by atoms with Gasteiger partial charge in [-0.15, -0.1) is 0 Å². The predicted octanol–water partition coefficient (Wildman–Crippen LogP) is 4.05. The zero-order valence-corrected chi connectivity index (χ0v) is 24.5. The molecule has 0 unspecified atom stereocenters. The number of nitrogens with zero attached hydrogens (tertiary/aromatic N) is 7. The largest absolute Gasteiger partial charge is 0.474 e. The number of piperazine rings is 1. The van der Waals surface area contributed by atoms with Crippen molar-refractivity contribution in [2.24, 2.45) is 0 Å². The number of anilines is 2. The van der Waals surface area contributed by atoms with Crippen LogP contribution >= 0.6 is 0 Å². The molecular weight excluding hydrogens is 542 g/mol. The fourth-order valence-electron chi connectivity index (χ4n) is 5.81. The van der Waals surface area contributed by atoms with Gasteiger partial charge in [0.25, 0.3) is 5.91 Å². The number of benzene rings is 1. The summed E-state index contributed by atoms with van der Waals surface area (Å²) in [5.41, 5.74) is 4.54. The molecule has 2 fully saturated rings. The zero-order chi connectivity index (χ0) is 29.3. The summed E-state index contributed by atoms with van der Waals surface area (Å²) in [7, 11) is 4.27. The molecule has 2 saturated heterocycles. The second-order valence-electron chi connectivity index (χ2n) is 11.5. The number of amides is 1. The van der Waals surface area contributed by atoms with Gasteiger partial charge in [0.2, 0.25) is 5.88 Å². The normalized spacial score (nSPS) is 17.0. The van der Waals surface area contributed by atoms with Crippen molar-refractivity contribution in [3.05, 3.63) is 66.9 Å². The van der Waals surface area contributed by atoms with E-state index in [1.165, 1.54) is 0 Å². The van der Waals surface area contributed by atoms with E-state index in [9.17, 15) is 4.79 Å². The number of carbonyl (C=O) groups is 1. The van der Waals surface area contributed by atoms with Crippen LogP contribution in [-0.4, -0.2) is 100 Å². The van der Waals surface area contributed by atoms with Crippen molar-refractivity contribution < 1.29 is 9.53 Å². The molecule has 11 nitrogen and oxygen atoms in total. The number of nitrogens with one attached hydrogen (secondary N) is 2. The van der Waals surface area contributed by atoms with Crippen molar-refractivity contribution in [3.63, 3.8) is 0 Å². The minimum absolute atomic E-state index is 0.134. The second-order valence-corrected chi connectivity index (χ2v) is 11.5. The molecule has 0 radical (unpaired) electrons. The highest BCUT2D eigenvalue weighted by molar-refractivity contribution is 6.07. The van der Waals surface area contributed by atoms with Crippen molar-refractivity contribution >= 4 is 39.3 Å². The van der Waals surface area contributed by atoms with Gasteiger partial charge in [-0.25, -0.2) is 19.9 Å². The van der Waals surface area contributed by atoms with Gasteiger partial charge in [-0.1, -0.05) is 6.07 Å². The zero-order valence-electron chi connectivity index (χ0n) is 24.5. The molecule has 5 aromatic rings. The van der Waals surface area contributed by atoms with Crippen LogP contribution in [0, 0.1) is 0 Å². The first-order chi connectivity index (χ1) is 21.0. The summed E-state index contributed by atoms with van der Waals surface area (Å²) in [4.78, 5) is 41.5. The van der Waals surface area contributed by atoms with Crippen molar-refractivity contribution in [1.82, 2.24) is 34.7 Å². The van der Waals surface area contributed by atoms with E-state index in [1.54, 1.807) is 18.7 Å². The average molecular weight is 578 g/mol. The van der Waals surface area contributed by atoms with Gasteiger partial charge in [-0.3, -0.25) is 4.79 Å². The Morgan fingerprint density at radius 3 is 2.49 bits per heavy atom. The van der Waals surface area contributed by atoms with Gasteiger partial charge >= 0.3 is 0 Å². The van der Waals surface area contributed by atoms with Gasteiger partial charge in [-0.05, 0) is 62.8 Å². The minimum atomic E-state index is -0.239. The number of piperidine rings is 1. The first kappa shape index (κ1) is 27.2. The Kier molecular flexibility index (Phi) is 7.33. The van der Waals surface area contributed by atoms with Crippen LogP contribution in [0.25, 0.3) is 33.1 Å². The van der Waals surface area contributed by atoms with Crippen molar-refractivity contribution in [1.29, 1.82) is 0 Å². The topological polar surface area (TPSA) is 115 Å². The van der Waals surface area contributed by atoms with E-state index in [0.29, 0.717) is 22.8 Å². The highest BCUT2D eigenvalue weighted by atomic mass is 16.5. The first-order valence-corrected chi connectivity index (χ1v) is 14.8. The SMILES string of the molecule is CN1CCC(Oc2ncnc3ccc(-c4c[nH]c5ncc(C(=O)Nc6ccc(N7CCN(C)CC7)nc6)cc45)cc23)CC1. The molecule has 6 heterocycles. The monoisotopic (exact) mass is 577 g/mol. The summed E-state index contributed by atoms with van der Waals surface area (Å²) < 4.78 is 6.37. The molecule has 43 heavy (non-hydrogen) atoms. The molecule has 0 bridgehead atoms. The number of hydrogen-bond donors (Lipinski definition) is 2. The lowest BCUT2D eigenvalue weighted by Crippen LogP contribution is -2.44. The van der Waals surface area contributed by atoms with Gasteiger partial charge in [0.15, 0.2) is 0 Å². The van der Waals surface area contributed by atoms with Gasteiger partial charge in [0.1, 0.15) is 23.9 Å². The summed E-state index contributed by atoms with van der Waals surface area (Å²) in [6, 6.07) is 11.8. The van der Waals surface area contributed by atoms with Crippen LogP contribution in [0.5, 0.6) is 5.88 Å². The summed E-state index contributed by atoms with van der Waals surface area (Å²) in [6.07, 6.45) is 8.85. The number of likely N-dealkylation sites (N-methyl/N-ethyl adjacent to an activating group) is 1. The van der Waals surface area contributed by atoms with Crippen LogP contribution in [0.15, 0.2) is 61.3 Å². The summed E-state index contributed by atoms with van der Waals surface area (Å²) in [5.74, 6) is 1.29. The van der Waals surface area contributed by atoms with Crippen molar-refractivity contribution in [3.8, 4) is 17.0 Å². The molecule has 0 spiro atoms. The Morgan fingerprint density at radius 2 is 1.70 bits per heavy atom. The minimum Gasteiger partial charge on any atom is -0.474 e. The van der Waals surface area contributed by atoms with E-state index in [1.807, 2.05) is 36.5 Å². The molecule has 0 saturated carbocycles. The Labute approximate surface area is 249 Å². The molecular formula is C32H35N9O2. The smallest absolute Gasteiger partial charge is 0.257 e. The van der Waals surface area contributed by atoms with Crippen LogP contribution in [-0.2, 0) is 0 Å². The number of fused-ring (bicyclic) bond motifs is 2. The first-order valence-electron chi connectivity index (χ1n) is 14.8. The van der Waals surface area contributed by atoms with Crippen LogP contribution in [0.2, 0.25) is 0 Å². The van der Waals surface area contributed by atoms with E-state index in [4.69, 9.17) is 4.74 Å². The molecule has 11 heteroatoms. The maximum Gasteiger partial charge on any atom is 0.257 e. The van der Waals surface area contributed by atoms with Crippen LogP contribution < -0.4 is 15.0 Å². The number of ether oxygens (including phenoxy) is 1. The summed E-state index contributed by atoms with van der Waals surface area (Å²) in [5, 5.41) is 4.69. The van der Waals surface area contributed by atoms with Gasteiger partial charge in [0, 0.05) is 62.6 Å². The number of hydrogen-bond acceptors (Lipinski definition) is 9. The van der Waals surface area contributed by atoms with Gasteiger partial charge < -0.3 is 29.7 Å². The van der Waals surface area contributed by atoms with Gasteiger partial charge in [-0.2, -0.15) is 0 Å². The summed E-state index contributed by atoms with van der Waals surface area (Å²) in [6.45, 7) is 5.92. The Balaban J connectivity index is 1.11. The molecule has 2 N–H and O–H groups in total. The third-order valence-corrected chi connectivity index (χ3v) is 8.48. The van der Waals surface area contributed by atoms with Crippen LogP contribution in [0.4, 0.5) is 11.5 Å². The quantitative estimate of drug-likeness (QED) is 0.308. The fourth-order valence-corrected chi connectivity index (χ4v) is 5.81. The lowest BCUT2D eigenvalue weighted by Gasteiger charge is -2.33. The lowest BCUT2D eigenvalue weighted by atomic mass is 10.0. The molecule has 0 aliphatic carbocycles. The number of aromatic amines is 1. The Hall–Kier alpha value is -4.61. The summed E-state index contributed by atoms with van der Waals surface area (Å²) >= 11 is 0. The van der Waals surface area contributed by atoms with E-state index < -0.39 is 0 Å². The second kappa shape index (κ2) is 11.6. The van der Waals surface area contributed by atoms with E-state index in [0.717, 1.165) is 85.3 Å². The lowest BCUT2D eigenvalue weighted by molar-refractivity contribution is 0.102. The maximum absolute atomic E-state index is 13.2. The Morgan fingerprint density at radius 1 is 0.884 bits per heavy atom. The van der Waals surface area contributed by atoms with Crippen LogP contribution in [0.3, 0.4) is 0 Å².